The minimum atomic E-state index is -0.931. The third-order valence-corrected chi connectivity index (χ3v) is 3.74. The highest BCUT2D eigenvalue weighted by molar-refractivity contribution is 6.52. The third-order valence-electron chi connectivity index (χ3n) is 2.91. The van der Waals surface area contributed by atoms with Gasteiger partial charge in [-0.3, -0.25) is 4.79 Å². The van der Waals surface area contributed by atoms with Crippen LogP contribution in [0.3, 0.4) is 0 Å². The minimum absolute atomic E-state index is 0.231. The lowest BCUT2D eigenvalue weighted by atomic mass is 10.3. The van der Waals surface area contributed by atoms with Crippen LogP contribution >= 0.6 is 23.2 Å². The third kappa shape index (κ3) is 2.57. The molecule has 1 saturated carbocycles. The molecule has 5 nitrogen and oxygen atoms in total. The fourth-order valence-electron chi connectivity index (χ4n) is 1.74. The lowest BCUT2D eigenvalue weighted by Gasteiger charge is -2.00. The Hall–Kier alpha value is -1.59. The molecule has 3 rings (SSSR count). The number of aromatic nitrogens is 3. The Morgan fingerprint density at radius 3 is 2.68 bits per heavy atom. The first-order valence-electron chi connectivity index (χ1n) is 5.73. The van der Waals surface area contributed by atoms with Crippen LogP contribution in [0.25, 0.3) is 5.69 Å². The second kappa shape index (κ2) is 4.51. The summed E-state index contributed by atoms with van der Waals surface area (Å²) in [4.78, 5) is 11.8. The predicted molar refractivity (Wildman–Crippen MR) is 72.5 cm³/mol. The highest BCUT2D eigenvalue weighted by atomic mass is 35.5. The van der Waals surface area contributed by atoms with Gasteiger partial charge in [0.25, 0.3) is 0 Å². The maximum atomic E-state index is 11.8. The van der Waals surface area contributed by atoms with Crippen LogP contribution in [0.4, 0.5) is 5.82 Å². The van der Waals surface area contributed by atoms with Crippen LogP contribution < -0.4 is 5.32 Å². The summed E-state index contributed by atoms with van der Waals surface area (Å²) in [5, 5.41) is 10.5. The van der Waals surface area contributed by atoms with Crippen molar-refractivity contribution in [3.63, 3.8) is 0 Å². The number of benzene rings is 1. The molecule has 19 heavy (non-hydrogen) atoms. The fourth-order valence-corrected chi connectivity index (χ4v) is 2.25. The van der Waals surface area contributed by atoms with Crippen molar-refractivity contribution in [1.29, 1.82) is 0 Å². The zero-order valence-electron chi connectivity index (χ0n) is 9.75. The van der Waals surface area contributed by atoms with E-state index in [1.54, 1.807) is 10.9 Å². The summed E-state index contributed by atoms with van der Waals surface area (Å²) in [6, 6.07) is 9.49. The number of carbonyl (C=O) groups excluding carboxylic acids is 1. The van der Waals surface area contributed by atoms with Crippen LogP contribution in [-0.4, -0.2) is 25.2 Å². The number of alkyl halides is 2. The first-order valence-corrected chi connectivity index (χ1v) is 6.48. The number of carbonyl (C=O) groups is 1. The number of para-hydroxylation sites is 1. The van der Waals surface area contributed by atoms with Crippen molar-refractivity contribution in [2.75, 3.05) is 5.32 Å². The molecule has 1 aromatic carbocycles. The number of halogens is 2. The second-order valence-corrected chi connectivity index (χ2v) is 5.93. The Morgan fingerprint density at radius 2 is 2.05 bits per heavy atom. The Kier molecular flexibility index (Phi) is 2.95. The molecule has 1 N–H and O–H groups in total. The van der Waals surface area contributed by atoms with Gasteiger partial charge in [0.15, 0.2) is 5.82 Å². The maximum absolute atomic E-state index is 11.8. The smallest absolute Gasteiger partial charge is 0.231 e. The predicted octanol–water partition coefficient (Wildman–Crippen LogP) is 2.40. The molecule has 1 atom stereocenters. The van der Waals surface area contributed by atoms with Crippen LogP contribution in [0.2, 0.25) is 0 Å². The summed E-state index contributed by atoms with van der Waals surface area (Å²) >= 11 is 11.7. The number of anilines is 1. The van der Waals surface area contributed by atoms with Crippen LogP contribution in [0, 0.1) is 5.92 Å². The van der Waals surface area contributed by atoms with Gasteiger partial charge in [0.05, 0.1) is 17.8 Å². The zero-order chi connectivity index (χ0) is 13.5. The summed E-state index contributed by atoms with van der Waals surface area (Å²) in [5.74, 6) is -0.229. The number of nitrogens with one attached hydrogen (secondary N) is 1. The van der Waals surface area contributed by atoms with Gasteiger partial charge in [-0.15, -0.1) is 28.3 Å². The molecule has 1 aliphatic rings. The summed E-state index contributed by atoms with van der Waals surface area (Å²) in [6.45, 7) is 0. The fraction of sp³-hybridized carbons (Fsp3) is 0.250. The van der Waals surface area contributed by atoms with Gasteiger partial charge in [0, 0.05) is 0 Å². The quantitative estimate of drug-likeness (QED) is 0.885. The normalized spacial score (nSPS) is 20.0. The molecule has 0 saturated heterocycles. The van der Waals surface area contributed by atoms with Crippen molar-refractivity contribution in [3.8, 4) is 5.69 Å². The second-order valence-electron chi connectivity index (χ2n) is 4.39. The molecule has 1 amide bonds. The van der Waals surface area contributed by atoms with Crippen LogP contribution in [0.1, 0.15) is 6.42 Å². The lowest BCUT2D eigenvalue weighted by Crippen LogP contribution is -2.17. The monoisotopic (exact) mass is 296 g/mol. The van der Waals surface area contributed by atoms with E-state index in [0.717, 1.165) is 5.69 Å². The lowest BCUT2D eigenvalue weighted by molar-refractivity contribution is -0.117. The van der Waals surface area contributed by atoms with E-state index >= 15 is 0 Å². The summed E-state index contributed by atoms with van der Waals surface area (Å²) in [5.41, 5.74) is 0.867. The van der Waals surface area contributed by atoms with Gasteiger partial charge in [-0.05, 0) is 18.6 Å². The van der Waals surface area contributed by atoms with Crippen molar-refractivity contribution < 1.29 is 4.79 Å². The number of rotatable bonds is 3. The number of amides is 1. The molecule has 0 aliphatic heterocycles. The van der Waals surface area contributed by atoms with E-state index in [0.29, 0.717) is 12.2 Å². The topological polar surface area (TPSA) is 59.8 Å². The van der Waals surface area contributed by atoms with Crippen molar-refractivity contribution >= 4 is 34.9 Å². The molecule has 0 bridgehead atoms. The SMILES string of the molecule is O=C(Nc1cn(-c2ccccc2)nn1)C1CC1(Cl)Cl. The van der Waals surface area contributed by atoms with Gasteiger partial charge in [0.2, 0.25) is 5.91 Å². The molecule has 98 valence electrons. The van der Waals surface area contributed by atoms with E-state index in [4.69, 9.17) is 23.2 Å². The van der Waals surface area contributed by atoms with Crippen LogP contribution in [-0.2, 0) is 4.79 Å². The summed E-state index contributed by atoms with van der Waals surface area (Å²) in [6.07, 6.45) is 2.11. The van der Waals surface area contributed by atoms with Crippen molar-refractivity contribution in [2.45, 2.75) is 10.8 Å². The van der Waals surface area contributed by atoms with Gasteiger partial charge >= 0.3 is 0 Å². The van der Waals surface area contributed by atoms with E-state index in [1.165, 1.54) is 0 Å². The molecule has 0 radical (unpaired) electrons. The van der Waals surface area contributed by atoms with E-state index in [1.807, 2.05) is 30.3 Å². The molecule has 7 heteroatoms. The van der Waals surface area contributed by atoms with E-state index in [2.05, 4.69) is 15.6 Å². The molecular weight excluding hydrogens is 287 g/mol. The average molecular weight is 297 g/mol. The largest absolute Gasteiger partial charge is 0.308 e. The Morgan fingerprint density at radius 1 is 1.37 bits per heavy atom. The molecule has 1 aromatic heterocycles. The molecule has 2 aromatic rings. The highest BCUT2D eigenvalue weighted by Gasteiger charge is 2.56. The average Bonchev–Trinajstić information content (AvgIpc) is 2.84. The van der Waals surface area contributed by atoms with Crippen molar-refractivity contribution in [2.24, 2.45) is 5.92 Å². The van der Waals surface area contributed by atoms with Crippen molar-refractivity contribution in [1.82, 2.24) is 15.0 Å². The van der Waals surface area contributed by atoms with Crippen molar-refractivity contribution in [3.05, 3.63) is 36.5 Å². The molecule has 1 unspecified atom stereocenters. The molecule has 1 aliphatic carbocycles. The van der Waals surface area contributed by atoms with E-state index in [-0.39, 0.29) is 11.8 Å². The Balaban J connectivity index is 1.71. The number of hydrogen-bond acceptors (Lipinski definition) is 3. The van der Waals surface area contributed by atoms with Gasteiger partial charge in [-0.25, -0.2) is 4.68 Å². The molecular formula is C12H10Cl2N4O. The minimum Gasteiger partial charge on any atom is -0.308 e. The first kappa shape index (κ1) is 12.4. The summed E-state index contributed by atoms with van der Waals surface area (Å²) < 4.78 is 0.649. The van der Waals surface area contributed by atoms with Crippen LogP contribution in [0.5, 0.6) is 0 Å². The highest BCUT2D eigenvalue weighted by Crippen LogP contribution is 2.53. The Bertz CT molecular complexity index is 611. The maximum Gasteiger partial charge on any atom is 0.231 e. The van der Waals surface area contributed by atoms with Crippen LogP contribution in [0.15, 0.2) is 36.5 Å². The van der Waals surface area contributed by atoms with E-state index in [9.17, 15) is 4.79 Å². The standard InChI is InChI=1S/C12H10Cl2N4O/c13-12(14)6-9(12)11(19)15-10-7-18(17-16-10)8-4-2-1-3-5-8/h1-5,7,9H,6H2,(H,15,19). The van der Waals surface area contributed by atoms with E-state index < -0.39 is 4.33 Å². The van der Waals surface area contributed by atoms with Gasteiger partial charge in [0.1, 0.15) is 4.33 Å². The molecule has 0 spiro atoms. The summed E-state index contributed by atoms with van der Waals surface area (Å²) in [7, 11) is 0. The molecule has 1 fully saturated rings. The number of nitrogens with zero attached hydrogens (tertiary/aromatic N) is 3. The van der Waals surface area contributed by atoms with Gasteiger partial charge < -0.3 is 5.32 Å². The first-order chi connectivity index (χ1) is 9.06. The zero-order valence-corrected chi connectivity index (χ0v) is 11.3. The van der Waals surface area contributed by atoms with Gasteiger partial charge in [-0.1, -0.05) is 23.4 Å². The molecule has 1 heterocycles. The number of hydrogen-bond donors (Lipinski definition) is 1. The van der Waals surface area contributed by atoms with Gasteiger partial charge in [-0.2, -0.15) is 0 Å². The Labute approximate surface area is 119 Å².